The monoisotopic (exact) mass is 291 g/mol. The van der Waals surface area contributed by atoms with Gasteiger partial charge in [-0.2, -0.15) is 0 Å². The van der Waals surface area contributed by atoms with Gasteiger partial charge in [-0.1, -0.05) is 30.5 Å². The molecule has 0 unspecified atom stereocenters. The first-order chi connectivity index (χ1) is 10.3. The van der Waals surface area contributed by atoms with Crippen LogP contribution in [-0.4, -0.2) is 26.4 Å². The molecule has 3 heteroatoms. The van der Waals surface area contributed by atoms with Crippen molar-refractivity contribution in [3.8, 4) is 5.75 Å². The van der Waals surface area contributed by atoms with Crippen LogP contribution < -0.4 is 10.1 Å². The van der Waals surface area contributed by atoms with E-state index in [1.165, 1.54) is 49.7 Å². The van der Waals surface area contributed by atoms with Crippen LogP contribution in [0.4, 0.5) is 0 Å². The van der Waals surface area contributed by atoms with Crippen LogP contribution in [0.15, 0.2) is 18.2 Å². The molecule has 0 saturated heterocycles. The van der Waals surface area contributed by atoms with Gasteiger partial charge < -0.3 is 14.8 Å². The second-order valence-corrected chi connectivity index (χ2v) is 6.01. The van der Waals surface area contributed by atoms with Crippen LogP contribution in [0, 0.1) is 6.92 Å². The predicted molar refractivity (Wildman–Crippen MR) is 86.9 cm³/mol. The summed E-state index contributed by atoms with van der Waals surface area (Å²) < 4.78 is 11.4. The summed E-state index contributed by atoms with van der Waals surface area (Å²) in [6.07, 6.45) is 8.12. The van der Waals surface area contributed by atoms with Gasteiger partial charge in [0.1, 0.15) is 5.75 Å². The van der Waals surface area contributed by atoms with Crippen molar-refractivity contribution in [1.82, 2.24) is 5.32 Å². The lowest BCUT2D eigenvalue weighted by atomic mass is 10.1. The molecule has 21 heavy (non-hydrogen) atoms. The molecule has 0 radical (unpaired) electrons. The van der Waals surface area contributed by atoms with E-state index in [-0.39, 0.29) is 0 Å². The van der Waals surface area contributed by atoms with Crippen molar-refractivity contribution in [1.29, 1.82) is 0 Å². The highest BCUT2D eigenvalue weighted by molar-refractivity contribution is 5.37. The summed E-state index contributed by atoms with van der Waals surface area (Å²) in [5.74, 6) is 1.05. The van der Waals surface area contributed by atoms with Crippen LogP contribution in [-0.2, 0) is 11.3 Å². The van der Waals surface area contributed by atoms with E-state index < -0.39 is 0 Å². The average molecular weight is 291 g/mol. The van der Waals surface area contributed by atoms with E-state index in [4.69, 9.17) is 9.47 Å². The molecular formula is C18H29NO2. The minimum absolute atomic E-state index is 0.396. The zero-order valence-corrected chi connectivity index (χ0v) is 13.5. The van der Waals surface area contributed by atoms with Gasteiger partial charge in [0, 0.05) is 25.8 Å². The Hall–Kier alpha value is -1.06. The normalized spacial score (nSPS) is 16.7. The summed E-state index contributed by atoms with van der Waals surface area (Å²) in [6.45, 7) is 4.58. The van der Waals surface area contributed by atoms with Gasteiger partial charge in [-0.25, -0.2) is 0 Å². The highest BCUT2D eigenvalue weighted by atomic mass is 16.5. The lowest BCUT2D eigenvalue weighted by Gasteiger charge is -2.20. The number of ether oxygens (including phenoxy) is 2. The molecule has 2 rings (SSSR count). The molecule has 1 aliphatic rings. The lowest BCUT2D eigenvalue weighted by Crippen LogP contribution is -2.21. The zero-order valence-electron chi connectivity index (χ0n) is 13.5. The smallest absolute Gasteiger partial charge is 0.124 e. The quantitative estimate of drug-likeness (QED) is 0.612. The fourth-order valence-corrected chi connectivity index (χ4v) is 2.90. The number of nitrogens with one attached hydrogen (secondary N) is 1. The molecule has 1 aromatic carbocycles. The summed E-state index contributed by atoms with van der Waals surface area (Å²) in [4.78, 5) is 0. The first kappa shape index (κ1) is 16.3. The van der Waals surface area contributed by atoms with Crippen molar-refractivity contribution in [2.24, 2.45) is 0 Å². The summed E-state index contributed by atoms with van der Waals surface area (Å²) >= 11 is 0. The van der Waals surface area contributed by atoms with Crippen LogP contribution >= 0.6 is 0 Å². The molecule has 0 aliphatic heterocycles. The van der Waals surface area contributed by atoms with Gasteiger partial charge in [0.25, 0.3) is 0 Å². The third-order valence-electron chi connectivity index (χ3n) is 4.11. The molecule has 1 aromatic rings. The number of benzene rings is 1. The second-order valence-electron chi connectivity index (χ2n) is 6.01. The number of hydrogen-bond donors (Lipinski definition) is 1. The van der Waals surface area contributed by atoms with E-state index in [0.717, 1.165) is 25.4 Å². The van der Waals surface area contributed by atoms with Crippen LogP contribution in [0.2, 0.25) is 0 Å². The Kier molecular flexibility index (Phi) is 7.04. The highest BCUT2D eigenvalue weighted by Gasteiger charge is 2.15. The summed E-state index contributed by atoms with van der Waals surface area (Å²) in [5, 5.41) is 3.41. The number of methoxy groups -OCH3 is 1. The molecule has 0 bridgehead atoms. The highest BCUT2D eigenvalue weighted by Crippen LogP contribution is 2.26. The van der Waals surface area contributed by atoms with Crippen LogP contribution in [0.25, 0.3) is 0 Å². The van der Waals surface area contributed by atoms with Crippen molar-refractivity contribution < 1.29 is 9.47 Å². The number of hydrogen-bond acceptors (Lipinski definition) is 3. The van der Waals surface area contributed by atoms with Crippen molar-refractivity contribution in [2.45, 2.75) is 58.1 Å². The fourth-order valence-electron chi connectivity index (χ4n) is 2.90. The fraction of sp³-hybridized carbons (Fsp3) is 0.667. The molecule has 0 amide bonds. The number of rotatable bonds is 7. The topological polar surface area (TPSA) is 30.5 Å². The van der Waals surface area contributed by atoms with Gasteiger partial charge in [0.05, 0.1) is 12.7 Å². The maximum atomic E-state index is 6.31. The van der Waals surface area contributed by atoms with Crippen LogP contribution in [0.5, 0.6) is 5.75 Å². The molecule has 3 nitrogen and oxygen atoms in total. The molecule has 1 N–H and O–H groups in total. The van der Waals surface area contributed by atoms with E-state index in [1.807, 2.05) is 0 Å². The van der Waals surface area contributed by atoms with E-state index in [9.17, 15) is 0 Å². The summed E-state index contributed by atoms with van der Waals surface area (Å²) in [5.41, 5.74) is 2.54. The van der Waals surface area contributed by atoms with E-state index in [1.54, 1.807) is 7.11 Å². The Morgan fingerprint density at radius 3 is 2.62 bits per heavy atom. The van der Waals surface area contributed by atoms with Gasteiger partial charge in [-0.15, -0.1) is 0 Å². The van der Waals surface area contributed by atoms with Gasteiger partial charge in [0.15, 0.2) is 0 Å². The van der Waals surface area contributed by atoms with Crippen LogP contribution in [0.3, 0.4) is 0 Å². The largest absolute Gasteiger partial charge is 0.490 e. The average Bonchev–Trinajstić information content (AvgIpc) is 2.75. The van der Waals surface area contributed by atoms with Crippen molar-refractivity contribution in [3.63, 3.8) is 0 Å². The van der Waals surface area contributed by atoms with E-state index >= 15 is 0 Å². The van der Waals surface area contributed by atoms with Gasteiger partial charge in [-0.3, -0.25) is 0 Å². The summed E-state index contributed by atoms with van der Waals surface area (Å²) in [6, 6.07) is 6.50. The molecular weight excluding hydrogens is 262 g/mol. The maximum absolute atomic E-state index is 6.31. The Morgan fingerprint density at radius 2 is 1.90 bits per heavy atom. The molecule has 0 atom stereocenters. The first-order valence-corrected chi connectivity index (χ1v) is 8.25. The van der Waals surface area contributed by atoms with E-state index in [0.29, 0.717) is 6.10 Å². The third-order valence-corrected chi connectivity index (χ3v) is 4.11. The standard InChI is InChI=1S/C18H29NO2/c1-15-9-10-18(16(13-15)14-19-11-12-20-2)21-17-7-5-3-4-6-8-17/h9-10,13,17,19H,3-8,11-12,14H2,1-2H3. The van der Waals surface area contributed by atoms with E-state index in [2.05, 4.69) is 30.4 Å². The Balaban J connectivity index is 1.96. The second kappa shape index (κ2) is 9.06. The lowest BCUT2D eigenvalue weighted by molar-refractivity contribution is 0.180. The van der Waals surface area contributed by atoms with Crippen LogP contribution in [0.1, 0.15) is 49.7 Å². The number of aryl methyl sites for hydroxylation is 1. The molecule has 0 spiro atoms. The van der Waals surface area contributed by atoms with Crippen molar-refractivity contribution in [2.75, 3.05) is 20.3 Å². The maximum Gasteiger partial charge on any atom is 0.124 e. The Labute approximate surface area is 129 Å². The minimum Gasteiger partial charge on any atom is -0.490 e. The Bertz CT molecular complexity index is 412. The minimum atomic E-state index is 0.396. The Morgan fingerprint density at radius 1 is 1.14 bits per heavy atom. The first-order valence-electron chi connectivity index (χ1n) is 8.25. The zero-order chi connectivity index (χ0) is 14.9. The predicted octanol–water partition coefficient (Wildman–Crippen LogP) is 3.83. The third kappa shape index (κ3) is 5.68. The van der Waals surface area contributed by atoms with Crippen molar-refractivity contribution in [3.05, 3.63) is 29.3 Å². The molecule has 1 saturated carbocycles. The SMILES string of the molecule is COCCNCc1cc(C)ccc1OC1CCCCCC1. The molecule has 0 aromatic heterocycles. The van der Waals surface area contributed by atoms with Gasteiger partial charge in [0.2, 0.25) is 0 Å². The molecule has 0 heterocycles. The van der Waals surface area contributed by atoms with Gasteiger partial charge >= 0.3 is 0 Å². The molecule has 1 fully saturated rings. The summed E-state index contributed by atoms with van der Waals surface area (Å²) in [7, 11) is 1.73. The van der Waals surface area contributed by atoms with Gasteiger partial charge in [-0.05, 0) is 38.7 Å². The molecule has 1 aliphatic carbocycles. The van der Waals surface area contributed by atoms with Crippen molar-refractivity contribution >= 4 is 0 Å². The molecule has 118 valence electrons.